The second kappa shape index (κ2) is 6.35. The molecule has 5 nitrogen and oxygen atoms in total. The highest BCUT2D eigenvalue weighted by atomic mass is 16.6. The molecule has 2 spiro atoms. The summed E-state index contributed by atoms with van der Waals surface area (Å²) in [5, 5.41) is 12.0. The van der Waals surface area contributed by atoms with Gasteiger partial charge in [0.1, 0.15) is 11.7 Å². The number of likely N-dealkylation sites (tertiary alicyclic amines) is 1. The Balaban J connectivity index is 1.52. The first-order valence-electron chi connectivity index (χ1n) is 13.0. The van der Waals surface area contributed by atoms with Crippen LogP contribution in [0, 0.1) is 17.3 Å². The fraction of sp³-hybridized carbons (Fsp3) is 0.714. The van der Waals surface area contributed by atoms with Gasteiger partial charge < -0.3 is 19.3 Å². The van der Waals surface area contributed by atoms with Crippen molar-refractivity contribution < 1.29 is 19.3 Å². The SMILES string of the molecule is CC[C@@](C)(O)[C@H]1[C@@H]2N(CC3CC3)CC[C@]34c5c6ccc(OC)c5O[C@H]3[C@@]1(OC)C=C[C@]24CC6. The molecule has 7 atom stereocenters. The molecule has 33 heavy (non-hydrogen) atoms. The largest absolute Gasteiger partial charge is 0.493 e. The monoisotopic (exact) mass is 451 g/mol. The van der Waals surface area contributed by atoms with Crippen LogP contribution in [0.25, 0.3) is 0 Å². The minimum atomic E-state index is -0.855. The van der Waals surface area contributed by atoms with Crippen LogP contribution in [0.1, 0.15) is 57.1 Å². The summed E-state index contributed by atoms with van der Waals surface area (Å²) in [6.07, 6.45) is 11.3. The van der Waals surface area contributed by atoms with Gasteiger partial charge in [-0.25, -0.2) is 0 Å². The van der Waals surface area contributed by atoms with E-state index in [9.17, 15) is 5.11 Å². The number of hydrogen-bond acceptors (Lipinski definition) is 5. The van der Waals surface area contributed by atoms with Crippen molar-refractivity contribution in [3.63, 3.8) is 0 Å². The number of rotatable bonds is 6. The summed E-state index contributed by atoms with van der Waals surface area (Å²) in [7, 11) is 3.57. The minimum Gasteiger partial charge on any atom is -0.493 e. The summed E-state index contributed by atoms with van der Waals surface area (Å²) < 4.78 is 19.4. The number of ether oxygens (including phenoxy) is 3. The van der Waals surface area contributed by atoms with Crippen molar-refractivity contribution in [3.05, 3.63) is 35.4 Å². The summed E-state index contributed by atoms with van der Waals surface area (Å²) in [5.74, 6) is 2.52. The fourth-order valence-electron chi connectivity index (χ4n) is 9.04. The highest BCUT2D eigenvalue weighted by Gasteiger charge is 2.82. The average Bonchev–Trinajstić information content (AvgIpc) is 3.58. The quantitative estimate of drug-likeness (QED) is 0.666. The molecular weight excluding hydrogens is 414 g/mol. The summed E-state index contributed by atoms with van der Waals surface area (Å²) in [5.41, 5.74) is 1.09. The second-order valence-electron chi connectivity index (χ2n) is 11.9. The van der Waals surface area contributed by atoms with E-state index in [-0.39, 0.29) is 28.9 Å². The molecule has 8 rings (SSSR count). The lowest BCUT2D eigenvalue weighted by Gasteiger charge is -2.74. The molecule has 3 fully saturated rings. The summed E-state index contributed by atoms with van der Waals surface area (Å²) in [4.78, 5) is 2.76. The van der Waals surface area contributed by atoms with Crippen LogP contribution in [0.3, 0.4) is 0 Å². The van der Waals surface area contributed by atoms with Crippen LogP contribution in [0.2, 0.25) is 0 Å². The first-order chi connectivity index (χ1) is 15.9. The first kappa shape index (κ1) is 20.8. The maximum atomic E-state index is 12.0. The zero-order valence-corrected chi connectivity index (χ0v) is 20.4. The van der Waals surface area contributed by atoms with Crippen LogP contribution in [0.5, 0.6) is 11.5 Å². The maximum absolute atomic E-state index is 12.0. The molecule has 0 amide bonds. The molecule has 4 bridgehead atoms. The lowest BCUT2D eigenvalue weighted by atomic mass is 9.35. The first-order valence-corrected chi connectivity index (χ1v) is 13.0. The molecule has 0 unspecified atom stereocenters. The Kier molecular flexibility index (Phi) is 4.00. The molecule has 1 aromatic carbocycles. The topological polar surface area (TPSA) is 51.2 Å². The second-order valence-corrected chi connectivity index (χ2v) is 11.9. The van der Waals surface area contributed by atoms with Crippen molar-refractivity contribution in [3.8, 4) is 11.5 Å². The van der Waals surface area contributed by atoms with E-state index in [1.165, 1.54) is 24.0 Å². The van der Waals surface area contributed by atoms with Crippen LogP contribution in [-0.2, 0) is 16.6 Å². The Morgan fingerprint density at radius 2 is 2.03 bits per heavy atom. The normalized spacial score (nSPS) is 43.7. The van der Waals surface area contributed by atoms with Gasteiger partial charge in [0.25, 0.3) is 0 Å². The average molecular weight is 452 g/mol. The van der Waals surface area contributed by atoms with E-state index in [0.29, 0.717) is 6.42 Å². The lowest BCUT2D eigenvalue weighted by molar-refractivity contribution is -0.274. The van der Waals surface area contributed by atoms with Crippen molar-refractivity contribution in [2.45, 2.75) is 81.1 Å². The number of hydrogen-bond donors (Lipinski definition) is 1. The van der Waals surface area contributed by atoms with Gasteiger partial charge >= 0.3 is 0 Å². The van der Waals surface area contributed by atoms with E-state index in [4.69, 9.17) is 14.2 Å². The number of methoxy groups -OCH3 is 2. The highest BCUT2D eigenvalue weighted by molar-refractivity contribution is 5.65. The Morgan fingerprint density at radius 1 is 1.21 bits per heavy atom. The van der Waals surface area contributed by atoms with Gasteiger partial charge in [-0.1, -0.05) is 25.1 Å². The molecule has 5 heteroatoms. The van der Waals surface area contributed by atoms with E-state index < -0.39 is 11.2 Å². The Morgan fingerprint density at radius 3 is 2.73 bits per heavy atom. The van der Waals surface area contributed by atoms with Gasteiger partial charge in [0.15, 0.2) is 11.5 Å². The zero-order chi connectivity index (χ0) is 22.8. The summed E-state index contributed by atoms with van der Waals surface area (Å²) in [6.45, 7) is 6.35. The predicted molar refractivity (Wildman–Crippen MR) is 126 cm³/mol. The summed E-state index contributed by atoms with van der Waals surface area (Å²) >= 11 is 0. The third-order valence-corrected chi connectivity index (χ3v) is 10.7. The van der Waals surface area contributed by atoms with Crippen LogP contribution in [0.15, 0.2) is 24.3 Å². The van der Waals surface area contributed by atoms with Crippen molar-refractivity contribution >= 4 is 0 Å². The van der Waals surface area contributed by atoms with Gasteiger partial charge in [-0.2, -0.15) is 0 Å². The van der Waals surface area contributed by atoms with Gasteiger partial charge in [0.2, 0.25) is 0 Å². The summed E-state index contributed by atoms with van der Waals surface area (Å²) in [6, 6.07) is 4.59. The molecule has 1 saturated heterocycles. The fourth-order valence-corrected chi connectivity index (χ4v) is 9.04. The van der Waals surface area contributed by atoms with Crippen LogP contribution >= 0.6 is 0 Å². The lowest BCUT2D eigenvalue weighted by Crippen LogP contribution is -2.84. The molecule has 0 radical (unpaired) electrons. The Bertz CT molecular complexity index is 1050. The van der Waals surface area contributed by atoms with Gasteiger partial charge in [0.05, 0.1) is 18.1 Å². The van der Waals surface area contributed by atoms with E-state index in [1.807, 2.05) is 14.0 Å². The van der Waals surface area contributed by atoms with E-state index in [0.717, 1.165) is 49.8 Å². The van der Waals surface area contributed by atoms with Gasteiger partial charge in [0, 0.05) is 36.6 Å². The molecule has 178 valence electrons. The number of aryl methyl sites for hydroxylation is 1. The molecule has 1 aromatic rings. The minimum absolute atomic E-state index is 0.0518. The van der Waals surface area contributed by atoms with Crippen molar-refractivity contribution in [1.29, 1.82) is 0 Å². The van der Waals surface area contributed by atoms with Gasteiger partial charge in [-0.3, -0.25) is 4.90 Å². The number of nitrogens with zero attached hydrogens (tertiary/aromatic N) is 1. The smallest absolute Gasteiger partial charge is 0.166 e. The van der Waals surface area contributed by atoms with Crippen LogP contribution in [-0.4, -0.2) is 60.7 Å². The van der Waals surface area contributed by atoms with E-state index >= 15 is 0 Å². The van der Waals surface area contributed by atoms with Crippen molar-refractivity contribution in [2.75, 3.05) is 27.3 Å². The molecule has 1 N–H and O–H groups in total. The van der Waals surface area contributed by atoms with Crippen molar-refractivity contribution in [2.24, 2.45) is 17.3 Å². The third kappa shape index (κ3) is 2.17. The molecule has 0 aromatic heterocycles. The van der Waals surface area contributed by atoms with E-state index in [1.54, 1.807) is 7.11 Å². The number of aliphatic hydroxyl groups is 1. The zero-order valence-electron chi connectivity index (χ0n) is 20.4. The van der Waals surface area contributed by atoms with Crippen molar-refractivity contribution in [1.82, 2.24) is 4.90 Å². The van der Waals surface area contributed by atoms with Gasteiger partial charge in [-0.15, -0.1) is 0 Å². The highest BCUT2D eigenvalue weighted by Crippen LogP contribution is 2.76. The number of piperidine rings is 1. The van der Waals surface area contributed by atoms with E-state index in [2.05, 4.69) is 36.1 Å². The van der Waals surface area contributed by atoms with Crippen LogP contribution in [0.4, 0.5) is 0 Å². The molecule has 2 aliphatic heterocycles. The molecule has 2 saturated carbocycles. The van der Waals surface area contributed by atoms with Gasteiger partial charge in [-0.05, 0) is 69.5 Å². The molecule has 2 heterocycles. The molecular formula is C28H37NO4. The Hall–Kier alpha value is -1.56. The predicted octanol–water partition coefficient (Wildman–Crippen LogP) is 3.86. The molecule has 5 aliphatic carbocycles. The standard InChI is InChI=1S/C28H37NO4/c1-5-25(2,30)22-23-26-11-10-18-8-9-19(31-3)21-20(18)27(26,14-15-29(23)16-17-6-7-17)24(33-21)28(22,32-4)13-12-26/h8-9,12-13,17,22-24,30H,5-7,10-11,14-16H2,1-4H3/t22-,23+,24-,25-,26-,27+,28-/m1/s1. The maximum Gasteiger partial charge on any atom is 0.166 e. The number of benzene rings is 1. The Labute approximate surface area is 197 Å². The third-order valence-electron chi connectivity index (χ3n) is 10.7. The van der Waals surface area contributed by atoms with Crippen LogP contribution < -0.4 is 9.47 Å². The molecule has 7 aliphatic rings.